The number of nitrogens with zero attached hydrogens (tertiary/aromatic N) is 2. The molecule has 7 heteroatoms. The number of fused-ring (bicyclic) bond motifs is 1. The zero-order valence-corrected chi connectivity index (χ0v) is 13.6. The van der Waals surface area contributed by atoms with Crippen LogP contribution in [0, 0.1) is 22.5 Å². The number of aromatic nitrogens is 1. The minimum Gasteiger partial charge on any atom is -0.396 e. The molecule has 2 heterocycles. The van der Waals surface area contributed by atoms with Crippen LogP contribution in [0.3, 0.4) is 0 Å². The van der Waals surface area contributed by atoms with Crippen molar-refractivity contribution in [3.63, 3.8) is 0 Å². The maximum absolute atomic E-state index is 11.2. The van der Waals surface area contributed by atoms with E-state index in [1.54, 1.807) is 6.07 Å². The maximum atomic E-state index is 11.2. The number of rotatable bonds is 6. The summed E-state index contributed by atoms with van der Waals surface area (Å²) in [6, 6.07) is 6.87. The highest BCUT2D eigenvalue weighted by Crippen LogP contribution is 2.34. The summed E-state index contributed by atoms with van der Waals surface area (Å²) in [4.78, 5) is 15.2. The van der Waals surface area contributed by atoms with Gasteiger partial charge in [-0.25, -0.2) is 4.98 Å². The molecule has 0 radical (unpaired) electrons. The molecule has 0 saturated carbocycles. The van der Waals surface area contributed by atoms with Crippen molar-refractivity contribution in [1.82, 2.24) is 4.98 Å². The lowest BCUT2D eigenvalue weighted by molar-refractivity contribution is -0.383. The molecule has 1 atom stereocenters. The molecule has 2 aromatic rings. The average molecular weight is 331 g/mol. The number of nitro groups is 1. The fraction of sp³-hybridized carbons (Fsp3) is 0.471. The molecule has 1 aliphatic rings. The molecule has 0 bridgehead atoms. The molecule has 2 N–H and O–H groups in total. The Morgan fingerprint density at radius 1 is 1.50 bits per heavy atom. The van der Waals surface area contributed by atoms with Crippen molar-refractivity contribution in [2.45, 2.75) is 19.8 Å². The van der Waals surface area contributed by atoms with Gasteiger partial charge >= 0.3 is 0 Å². The number of non-ortho nitro benzene ring substituents is 1. The Morgan fingerprint density at radius 2 is 2.33 bits per heavy atom. The Bertz CT molecular complexity index is 757. The number of hydrogen-bond donors (Lipinski definition) is 2. The number of aryl methyl sites for hydroxylation is 1. The van der Waals surface area contributed by atoms with Gasteiger partial charge in [-0.3, -0.25) is 10.1 Å². The number of pyridine rings is 1. The van der Waals surface area contributed by atoms with E-state index in [-0.39, 0.29) is 17.7 Å². The third-order valence-corrected chi connectivity index (χ3v) is 4.62. The van der Waals surface area contributed by atoms with Crippen LogP contribution in [0.25, 0.3) is 10.9 Å². The van der Waals surface area contributed by atoms with Gasteiger partial charge < -0.3 is 15.2 Å². The second-order valence-corrected chi connectivity index (χ2v) is 6.37. The molecule has 7 nitrogen and oxygen atoms in total. The van der Waals surface area contributed by atoms with Crippen molar-refractivity contribution >= 4 is 22.3 Å². The van der Waals surface area contributed by atoms with E-state index in [0.29, 0.717) is 31.7 Å². The second-order valence-electron chi connectivity index (χ2n) is 6.37. The summed E-state index contributed by atoms with van der Waals surface area (Å²) in [6.45, 7) is 3.90. The van der Waals surface area contributed by atoms with Crippen LogP contribution in [0.4, 0.5) is 11.4 Å². The Kier molecular flexibility index (Phi) is 4.64. The van der Waals surface area contributed by atoms with E-state index < -0.39 is 4.92 Å². The lowest BCUT2D eigenvalue weighted by Gasteiger charge is -2.27. The molecule has 1 saturated heterocycles. The van der Waals surface area contributed by atoms with Crippen LogP contribution in [0.1, 0.15) is 18.5 Å². The topological polar surface area (TPSA) is 97.5 Å². The summed E-state index contributed by atoms with van der Waals surface area (Å²) in [5.74, 6) is 0. The van der Waals surface area contributed by atoms with E-state index in [1.165, 1.54) is 6.07 Å². The Hall–Kier alpha value is -2.25. The van der Waals surface area contributed by atoms with Gasteiger partial charge in [0.15, 0.2) is 5.52 Å². The van der Waals surface area contributed by atoms with Gasteiger partial charge in [0.2, 0.25) is 0 Å². The molecule has 1 fully saturated rings. The number of nitro benzene ring substituents is 1. The predicted molar refractivity (Wildman–Crippen MR) is 91.2 cm³/mol. The van der Waals surface area contributed by atoms with E-state index in [2.05, 4.69) is 10.3 Å². The van der Waals surface area contributed by atoms with E-state index in [1.807, 2.05) is 19.1 Å². The van der Waals surface area contributed by atoms with Gasteiger partial charge in [-0.2, -0.15) is 0 Å². The Morgan fingerprint density at radius 3 is 3.00 bits per heavy atom. The second kappa shape index (κ2) is 6.70. The van der Waals surface area contributed by atoms with Gasteiger partial charge in [0.1, 0.15) is 0 Å². The predicted octanol–water partition coefficient (Wildman–Crippen LogP) is 2.65. The third kappa shape index (κ3) is 3.18. The van der Waals surface area contributed by atoms with Crippen molar-refractivity contribution in [2.75, 3.05) is 31.7 Å². The summed E-state index contributed by atoms with van der Waals surface area (Å²) in [6.07, 6.45) is 1.56. The van der Waals surface area contributed by atoms with Crippen LogP contribution in [0.2, 0.25) is 0 Å². The molecular formula is C17H21N3O4. The highest BCUT2D eigenvalue weighted by atomic mass is 16.6. The number of aliphatic hydroxyl groups excluding tert-OH is 1. The van der Waals surface area contributed by atoms with Crippen LogP contribution in [0.15, 0.2) is 24.3 Å². The molecule has 128 valence electrons. The zero-order valence-electron chi connectivity index (χ0n) is 13.6. The normalized spacial score (nSPS) is 20.4. The summed E-state index contributed by atoms with van der Waals surface area (Å²) in [5.41, 5.74) is 1.85. The van der Waals surface area contributed by atoms with Crippen molar-refractivity contribution in [3.05, 3.63) is 40.1 Å². The smallest absolute Gasteiger partial charge is 0.295 e. The zero-order chi connectivity index (χ0) is 17.2. The molecule has 0 spiro atoms. The first-order chi connectivity index (χ1) is 11.5. The lowest BCUT2D eigenvalue weighted by atomic mass is 9.84. The lowest BCUT2D eigenvalue weighted by Crippen LogP contribution is -2.31. The summed E-state index contributed by atoms with van der Waals surface area (Å²) in [5, 5.41) is 24.7. The summed E-state index contributed by atoms with van der Waals surface area (Å²) in [7, 11) is 0. The molecule has 3 rings (SSSR count). The van der Waals surface area contributed by atoms with Crippen LogP contribution in [-0.4, -0.2) is 41.4 Å². The molecule has 0 aliphatic carbocycles. The minimum absolute atomic E-state index is 0.00789. The van der Waals surface area contributed by atoms with E-state index in [4.69, 9.17) is 4.74 Å². The molecule has 1 aromatic carbocycles. The van der Waals surface area contributed by atoms with Crippen molar-refractivity contribution in [2.24, 2.45) is 5.41 Å². The fourth-order valence-corrected chi connectivity index (χ4v) is 3.25. The average Bonchev–Trinajstić information content (AvgIpc) is 3.01. The van der Waals surface area contributed by atoms with Gasteiger partial charge in [-0.05, 0) is 25.8 Å². The standard InChI is InChI=1S/C17H21N3O4/c1-12-9-14(18-10-17(5-7-21)6-8-24-11-17)13-3-2-4-15(20(22)23)16(13)19-12/h2-4,9,21H,5-8,10-11H2,1H3,(H,18,19)/t17-/m0/s1. The number of benzene rings is 1. The van der Waals surface area contributed by atoms with Gasteiger partial charge in [0, 0.05) is 48.0 Å². The highest BCUT2D eigenvalue weighted by Gasteiger charge is 2.34. The monoisotopic (exact) mass is 331 g/mol. The molecule has 0 amide bonds. The molecule has 1 aromatic heterocycles. The summed E-state index contributed by atoms with van der Waals surface area (Å²) < 4.78 is 5.51. The maximum Gasteiger partial charge on any atom is 0.295 e. The van der Waals surface area contributed by atoms with Crippen molar-refractivity contribution < 1.29 is 14.8 Å². The van der Waals surface area contributed by atoms with Crippen LogP contribution >= 0.6 is 0 Å². The minimum atomic E-state index is -0.406. The first-order valence-corrected chi connectivity index (χ1v) is 8.02. The van der Waals surface area contributed by atoms with Gasteiger partial charge in [0.25, 0.3) is 5.69 Å². The first kappa shape index (κ1) is 16.6. The van der Waals surface area contributed by atoms with Crippen LogP contribution in [-0.2, 0) is 4.74 Å². The van der Waals surface area contributed by atoms with E-state index in [9.17, 15) is 15.2 Å². The number of hydrogen-bond acceptors (Lipinski definition) is 6. The number of para-hydroxylation sites is 1. The van der Waals surface area contributed by atoms with Gasteiger partial charge in [-0.15, -0.1) is 0 Å². The third-order valence-electron chi connectivity index (χ3n) is 4.62. The number of ether oxygens (including phenoxy) is 1. The van der Waals surface area contributed by atoms with Crippen LogP contribution < -0.4 is 5.32 Å². The van der Waals surface area contributed by atoms with Gasteiger partial charge in [0.05, 0.1) is 11.5 Å². The number of aliphatic hydroxyl groups is 1. The van der Waals surface area contributed by atoms with Crippen molar-refractivity contribution in [1.29, 1.82) is 0 Å². The molecule has 24 heavy (non-hydrogen) atoms. The van der Waals surface area contributed by atoms with E-state index in [0.717, 1.165) is 23.2 Å². The van der Waals surface area contributed by atoms with Gasteiger partial charge in [-0.1, -0.05) is 12.1 Å². The first-order valence-electron chi connectivity index (χ1n) is 8.02. The fourth-order valence-electron chi connectivity index (χ4n) is 3.25. The Balaban J connectivity index is 1.94. The quantitative estimate of drug-likeness (QED) is 0.624. The number of anilines is 1. The molecular weight excluding hydrogens is 310 g/mol. The summed E-state index contributed by atoms with van der Waals surface area (Å²) >= 11 is 0. The SMILES string of the molecule is Cc1cc(NC[C@]2(CCO)CCOC2)c2cccc([N+](=O)[O-])c2n1. The van der Waals surface area contributed by atoms with E-state index >= 15 is 0 Å². The molecule has 1 aliphatic heterocycles. The Labute approximate surface area is 139 Å². The largest absolute Gasteiger partial charge is 0.396 e. The molecule has 0 unspecified atom stereocenters. The number of nitrogens with one attached hydrogen (secondary N) is 1. The highest BCUT2D eigenvalue weighted by molar-refractivity contribution is 5.96. The van der Waals surface area contributed by atoms with Crippen LogP contribution in [0.5, 0.6) is 0 Å². The van der Waals surface area contributed by atoms with Crippen molar-refractivity contribution in [3.8, 4) is 0 Å².